The van der Waals surface area contributed by atoms with Gasteiger partial charge in [-0.05, 0) is 30.9 Å². The molecule has 1 aliphatic rings. The highest BCUT2D eigenvalue weighted by Gasteiger charge is 2.36. The van der Waals surface area contributed by atoms with Gasteiger partial charge in [-0.3, -0.25) is 0 Å². The first-order valence-corrected chi connectivity index (χ1v) is 7.10. The van der Waals surface area contributed by atoms with Gasteiger partial charge >= 0.3 is 0 Å². The van der Waals surface area contributed by atoms with Crippen molar-refractivity contribution in [3.05, 3.63) is 29.3 Å². The molecule has 100 valence electrons. The topological polar surface area (TPSA) is 18.5 Å². The van der Waals surface area contributed by atoms with Gasteiger partial charge in [0.1, 0.15) is 5.75 Å². The van der Waals surface area contributed by atoms with Crippen LogP contribution in [0.15, 0.2) is 18.2 Å². The number of halogens is 1. The molecule has 1 saturated heterocycles. The molecule has 0 radical (unpaired) electrons. The van der Waals surface area contributed by atoms with E-state index < -0.39 is 0 Å². The number of hydrogen-bond acceptors (Lipinski definition) is 2. The van der Waals surface area contributed by atoms with Gasteiger partial charge < -0.3 is 9.47 Å². The van der Waals surface area contributed by atoms with Gasteiger partial charge in [-0.15, -0.1) is 11.6 Å². The van der Waals surface area contributed by atoms with Crippen molar-refractivity contribution < 1.29 is 9.47 Å². The van der Waals surface area contributed by atoms with E-state index in [0.717, 1.165) is 38.2 Å². The SMILES string of the molecule is CCc1ccc(OC)c(C2(CCl)CCOCC2)c1. The Kier molecular flexibility index (Phi) is 4.52. The standard InChI is InChI=1S/C15H21ClO2/c1-3-12-4-5-14(17-2)13(10-12)15(11-16)6-8-18-9-7-15/h4-5,10H,3,6-9,11H2,1-2H3. The average Bonchev–Trinajstić information content (AvgIpc) is 2.47. The zero-order valence-corrected chi connectivity index (χ0v) is 11.9. The quantitative estimate of drug-likeness (QED) is 0.778. The average molecular weight is 269 g/mol. The van der Waals surface area contributed by atoms with E-state index in [-0.39, 0.29) is 5.41 Å². The molecule has 1 aliphatic heterocycles. The zero-order valence-electron chi connectivity index (χ0n) is 11.2. The maximum Gasteiger partial charge on any atom is 0.122 e. The monoisotopic (exact) mass is 268 g/mol. The summed E-state index contributed by atoms with van der Waals surface area (Å²) in [6.45, 7) is 3.74. The lowest BCUT2D eigenvalue weighted by Crippen LogP contribution is -2.36. The summed E-state index contributed by atoms with van der Waals surface area (Å²) in [6, 6.07) is 6.45. The van der Waals surface area contributed by atoms with Crippen molar-refractivity contribution in [1.82, 2.24) is 0 Å². The second-order valence-corrected chi connectivity index (χ2v) is 5.18. The van der Waals surface area contributed by atoms with Gasteiger partial charge in [0.25, 0.3) is 0 Å². The molecule has 1 fully saturated rings. The summed E-state index contributed by atoms with van der Waals surface area (Å²) in [4.78, 5) is 0. The minimum absolute atomic E-state index is 0.0102. The Labute approximate surface area is 114 Å². The first-order chi connectivity index (χ1) is 8.75. The molecule has 3 heteroatoms. The Bertz CT molecular complexity index is 397. The van der Waals surface area contributed by atoms with Crippen molar-refractivity contribution in [1.29, 1.82) is 0 Å². The van der Waals surface area contributed by atoms with E-state index in [1.54, 1.807) is 7.11 Å². The third-order valence-corrected chi connectivity index (χ3v) is 4.46. The summed E-state index contributed by atoms with van der Waals surface area (Å²) in [7, 11) is 1.73. The smallest absolute Gasteiger partial charge is 0.122 e. The van der Waals surface area contributed by atoms with E-state index in [2.05, 4.69) is 25.1 Å². The zero-order chi connectivity index (χ0) is 13.0. The molecule has 0 aliphatic carbocycles. The van der Waals surface area contributed by atoms with Gasteiger partial charge in [0.15, 0.2) is 0 Å². The minimum atomic E-state index is 0.0102. The Balaban J connectivity index is 2.44. The molecule has 0 saturated carbocycles. The van der Waals surface area contributed by atoms with Crippen LogP contribution in [0.3, 0.4) is 0 Å². The van der Waals surface area contributed by atoms with Crippen molar-refractivity contribution in [3.8, 4) is 5.75 Å². The summed E-state index contributed by atoms with van der Waals surface area (Å²) in [5.74, 6) is 1.58. The summed E-state index contributed by atoms with van der Waals surface area (Å²) in [6.07, 6.45) is 2.98. The number of methoxy groups -OCH3 is 1. The number of benzene rings is 1. The molecule has 0 N–H and O–H groups in total. The summed E-state index contributed by atoms with van der Waals surface area (Å²) >= 11 is 6.29. The van der Waals surface area contributed by atoms with E-state index in [4.69, 9.17) is 21.1 Å². The van der Waals surface area contributed by atoms with Crippen LogP contribution < -0.4 is 4.74 Å². The predicted molar refractivity (Wildman–Crippen MR) is 74.8 cm³/mol. The van der Waals surface area contributed by atoms with Crippen LogP contribution in [0.1, 0.15) is 30.9 Å². The predicted octanol–water partition coefficient (Wildman–Crippen LogP) is 3.54. The van der Waals surface area contributed by atoms with E-state index in [0.29, 0.717) is 5.88 Å². The van der Waals surface area contributed by atoms with Gasteiger partial charge in [0.05, 0.1) is 7.11 Å². The largest absolute Gasteiger partial charge is 0.496 e. The summed E-state index contributed by atoms with van der Waals surface area (Å²) in [5.41, 5.74) is 2.60. The third kappa shape index (κ3) is 2.50. The number of rotatable bonds is 4. The molecular formula is C15H21ClO2. The fourth-order valence-corrected chi connectivity index (χ4v) is 3.04. The lowest BCUT2D eigenvalue weighted by molar-refractivity contribution is 0.0567. The molecule has 2 nitrogen and oxygen atoms in total. The van der Waals surface area contributed by atoms with Gasteiger partial charge in [0.2, 0.25) is 0 Å². The Morgan fingerprint density at radius 2 is 2.06 bits per heavy atom. The molecule has 18 heavy (non-hydrogen) atoms. The van der Waals surface area contributed by atoms with Gasteiger partial charge in [-0.1, -0.05) is 19.1 Å². The number of aryl methyl sites for hydroxylation is 1. The van der Waals surface area contributed by atoms with Crippen molar-refractivity contribution in [2.75, 3.05) is 26.2 Å². The fraction of sp³-hybridized carbons (Fsp3) is 0.600. The lowest BCUT2D eigenvalue weighted by Gasteiger charge is -2.37. The van der Waals surface area contributed by atoms with Gasteiger partial charge in [0, 0.05) is 30.1 Å². The Hall–Kier alpha value is -0.730. The summed E-state index contributed by atoms with van der Waals surface area (Å²) in [5, 5.41) is 0. The summed E-state index contributed by atoms with van der Waals surface area (Å²) < 4.78 is 11.0. The molecule has 0 amide bonds. The molecule has 2 rings (SSSR count). The molecule has 0 atom stereocenters. The van der Waals surface area contributed by atoms with Crippen LogP contribution in [-0.4, -0.2) is 26.2 Å². The van der Waals surface area contributed by atoms with E-state index in [1.807, 2.05) is 0 Å². The van der Waals surface area contributed by atoms with Crippen molar-refractivity contribution >= 4 is 11.6 Å². The maximum atomic E-state index is 6.29. The first-order valence-electron chi connectivity index (χ1n) is 6.57. The number of ether oxygens (including phenoxy) is 2. The Morgan fingerprint density at radius 1 is 1.33 bits per heavy atom. The Morgan fingerprint density at radius 3 is 2.61 bits per heavy atom. The van der Waals surface area contributed by atoms with Crippen LogP contribution in [0.25, 0.3) is 0 Å². The highest BCUT2D eigenvalue weighted by molar-refractivity contribution is 6.18. The molecule has 0 aromatic heterocycles. The third-order valence-electron chi connectivity index (χ3n) is 3.95. The normalized spacial score (nSPS) is 18.6. The molecule has 1 heterocycles. The van der Waals surface area contributed by atoms with E-state index in [1.165, 1.54) is 11.1 Å². The van der Waals surface area contributed by atoms with Gasteiger partial charge in [-0.25, -0.2) is 0 Å². The van der Waals surface area contributed by atoms with Crippen LogP contribution >= 0.6 is 11.6 Å². The van der Waals surface area contributed by atoms with Crippen molar-refractivity contribution in [2.45, 2.75) is 31.6 Å². The maximum absolute atomic E-state index is 6.29. The van der Waals surface area contributed by atoms with Crippen LogP contribution in [0.2, 0.25) is 0 Å². The first kappa shape index (κ1) is 13.7. The lowest BCUT2D eigenvalue weighted by atomic mass is 9.75. The second kappa shape index (κ2) is 5.94. The van der Waals surface area contributed by atoms with Crippen LogP contribution in [0, 0.1) is 0 Å². The van der Waals surface area contributed by atoms with Gasteiger partial charge in [-0.2, -0.15) is 0 Å². The molecule has 1 aromatic rings. The van der Waals surface area contributed by atoms with Crippen LogP contribution in [0.5, 0.6) is 5.75 Å². The van der Waals surface area contributed by atoms with E-state index in [9.17, 15) is 0 Å². The molecule has 1 aromatic carbocycles. The minimum Gasteiger partial charge on any atom is -0.496 e. The highest BCUT2D eigenvalue weighted by Crippen LogP contribution is 2.41. The van der Waals surface area contributed by atoms with E-state index >= 15 is 0 Å². The number of alkyl halides is 1. The van der Waals surface area contributed by atoms with Crippen molar-refractivity contribution in [2.24, 2.45) is 0 Å². The molecule has 0 spiro atoms. The highest BCUT2D eigenvalue weighted by atomic mass is 35.5. The van der Waals surface area contributed by atoms with Crippen LogP contribution in [-0.2, 0) is 16.6 Å². The second-order valence-electron chi connectivity index (χ2n) is 4.91. The molecular weight excluding hydrogens is 248 g/mol. The molecule has 0 bridgehead atoms. The van der Waals surface area contributed by atoms with Crippen molar-refractivity contribution in [3.63, 3.8) is 0 Å². The number of hydrogen-bond donors (Lipinski definition) is 0. The van der Waals surface area contributed by atoms with Crippen LogP contribution in [0.4, 0.5) is 0 Å². The fourth-order valence-electron chi connectivity index (χ4n) is 2.63. The molecule has 0 unspecified atom stereocenters.